The molecule has 0 unspecified atom stereocenters. The molecule has 5 heterocycles. The van der Waals surface area contributed by atoms with Crippen LogP contribution in [0.5, 0.6) is 23.0 Å². The van der Waals surface area contributed by atoms with Crippen LogP contribution in [0, 0.1) is 6.92 Å². The smallest absolute Gasteiger partial charge is 0.333 e. The minimum Gasteiger partial charge on any atom is -0.456 e. The number of fused-ring (bicyclic) bond motifs is 14. The van der Waals surface area contributed by atoms with Gasteiger partial charge in [0.1, 0.15) is 22.3 Å². The summed E-state index contributed by atoms with van der Waals surface area (Å²) < 4.78 is 27.9. The number of aryl methyl sites for hydroxylation is 1. The lowest BCUT2D eigenvalue weighted by molar-refractivity contribution is 0.332. The molecule has 0 fully saturated rings. The summed E-state index contributed by atoms with van der Waals surface area (Å²) in [5.74, 6) is 2.74. The fourth-order valence-corrected chi connectivity index (χ4v) is 13.0. The normalized spacial score (nSPS) is 15.8. The predicted molar refractivity (Wildman–Crippen MR) is 305 cm³/mol. The second-order valence-electron chi connectivity index (χ2n) is 23.5. The Bertz CT molecular complexity index is 4230. The van der Waals surface area contributed by atoms with E-state index in [1.54, 1.807) is 0 Å². The van der Waals surface area contributed by atoms with Crippen molar-refractivity contribution in [2.24, 2.45) is 0 Å². The van der Waals surface area contributed by atoms with Crippen LogP contribution in [0.25, 0.3) is 66.1 Å². The van der Waals surface area contributed by atoms with Gasteiger partial charge in [-0.05, 0) is 141 Å². The monoisotopic (exact) mass is 962 g/mol. The summed E-state index contributed by atoms with van der Waals surface area (Å²) >= 11 is 0. The molecule has 0 N–H and O–H groups in total. The van der Waals surface area contributed by atoms with Crippen LogP contribution in [0.2, 0.25) is 0 Å². The predicted octanol–water partition coefficient (Wildman–Crippen LogP) is 17.7. The van der Waals surface area contributed by atoms with Crippen molar-refractivity contribution in [2.45, 2.75) is 84.5 Å². The molecular weight excluding hydrogens is 908 g/mol. The molecule has 360 valence electrons. The largest absolute Gasteiger partial charge is 0.456 e. The summed E-state index contributed by atoms with van der Waals surface area (Å²) in [5.41, 5.74) is 20.7. The Morgan fingerprint density at radius 1 is 0.486 bits per heavy atom. The standard InChI is InChI=1S/C67H55BN2O4/c1-38-30-47-48(67(7,8)29-28-66(47,5)6)35-51(38)69-53-37-61-60(72-57-24-16-17-25-58(57)73-61)36-49(53)68-63-54(69)33-45-42-21-13-15-23-56(42)74-64(45)62(63)46-34-59-44(41-20-12-14-22-55(41)71-59)32-52(46)70(68)50-27-26-40(65(2,3)4)31-43(50)39-18-10-9-11-19-39/h9-27,30-37H,28-29H2,1-8H3. The maximum Gasteiger partial charge on any atom is 0.333 e. The molecule has 1 aliphatic carbocycles. The molecule has 3 aliphatic heterocycles. The Morgan fingerprint density at radius 3 is 1.82 bits per heavy atom. The van der Waals surface area contributed by atoms with Gasteiger partial charge in [0.15, 0.2) is 23.0 Å². The van der Waals surface area contributed by atoms with Gasteiger partial charge in [0.25, 0.3) is 0 Å². The lowest BCUT2D eigenvalue weighted by Crippen LogP contribution is -2.61. The summed E-state index contributed by atoms with van der Waals surface area (Å²) in [6.45, 7) is 18.5. The summed E-state index contributed by atoms with van der Waals surface area (Å²) in [4.78, 5) is 5.17. The number of benzene rings is 9. The van der Waals surface area contributed by atoms with Gasteiger partial charge in [-0.3, -0.25) is 0 Å². The summed E-state index contributed by atoms with van der Waals surface area (Å²) in [5, 5.41) is 4.27. The highest BCUT2D eigenvalue weighted by Crippen LogP contribution is 2.57. The molecule has 0 saturated carbocycles. The number of anilines is 5. The number of ether oxygens (including phenoxy) is 2. The van der Waals surface area contributed by atoms with Crippen molar-refractivity contribution in [1.29, 1.82) is 0 Å². The molecular formula is C67H55BN2O4. The second kappa shape index (κ2) is 15.0. The summed E-state index contributed by atoms with van der Waals surface area (Å²) in [7, 11) is 0. The number of nitrogens with zero attached hydrogens (tertiary/aromatic N) is 2. The van der Waals surface area contributed by atoms with Gasteiger partial charge in [0.2, 0.25) is 0 Å². The Labute approximate surface area is 431 Å². The van der Waals surface area contributed by atoms with E-state index >= 15 is 0 Å². The zero-order valence-corrected chi connectivity index (χ0v) is 43.1. The van der Waals surface area contributed by atoms with Gasteiger partial charge in [-0.25, -0.2) is 0 Å². The minimum absolute atomic E-state index is 0.0319. The van der Waals surface area contributed by atoms with Crippen LogP contribution in [0.4, 0.5) is 28.4 Å². The third-order valence-electron chi connectivity index (χ3n) is 17.0. The van der Waals surface area contributed by atoms with E-state index < -0.39 is 0 Å². The molecule has 0 saturated heterocycles. The topological polar surface area (TPSA) is 51.2 Å². The highest BCUT2D eigenvalue weighted by Gasteiger charge is 2.49. The van der Waals surface area contributed by atoms with E-state index in [1.165, 1.54) is 22.3 Å². The van der Waals surface area contributed by atoms with Crippen molar-refractivity contribution >= 4 is 90.1 Å². The Hall–Kier alpha value is -8.16. The Morgan fingerprint density at radius 2 is 1.11 bits per heavy atom. The fourth-order valence-electron chi connectivity index (χ4n) is 13.0. The van der Waals surface area contributed by atoms with Crippen LogP contribution in [0.15, 0.2) is 173 Å². The second-order valence-corrected chi connectivity index (χ2v) is 23.5. The molecule has 9 aromatic carbocycles. The zero-order valence-electron chi connectivity index (χ0n) is 43.1. The molecule has 11 aromatic rings. The van der Waals surface area contributed by atoms with Crippen molar-refractivity contribution in [2.75, 3.05) is 9.71 Å². The lowest BCUT2D eigenvalue weighted by Gasteiger charge is -2.47. The van der Waals surface area contributed by atoms with Crippen molar-refractivity contribution in [3.05, 3.63) is 186 Å². The van der Waals surface area contributed by atoms with E-state index in [1.807, 2.05) is 24.3 Å². The van der Waals surface area contributed by atoms with Crippen LogP contribution in [0.3, 0.4) is 0 Å². The average molecular weight is 963 g/mol. The molecule has 0 radical (unpaired) electrons. The minimum atomic E-state index is -0.380. The first-order valence-electron chi connectivity index (χ1n) is 26.2. The number of rotatable bonds is 3. The molecule has 0 spiro atoms. The molecule has 6 nitrogen and oxygen atoms in total. The van der Waals surface area contributed by atoms with E-state index in [9.17, 15) is 0 Å². The Kier molecular flexibility index (Phi) is 8.79. The molecule has 2 aromatic heterocycles. The van der Waals surface area contributed by atoms with Gasteiger partial charge in [-0.2, -0.15) is 0 Å². The third kappa shape index (κ3) is 6.13. The third-order valence-corrected chi connectivity index (χ3v) is 17.0. The fraction of sp³-hybridized carbons (Fsp3) is 0.194. The van der Waals surface area contributed by atoms with Gasteiger partial charge >= 0.3 is 6.85 Å². The van der Waals surface area contributed by atoms with Crippen molar-refractivity contribution in [3.63, 3.8) is 0 Å². The van der Waals surface area contributed by atoms with Gasteiger partial charge in [-0.15, -0.1) is 0 Å². The van der Waals surface area contributed by atoms with Crippen LogP contribution in [-0.2, 0) is 16.2 Å². The van der Waals surface area contributed by atoms with Crippen molar-refractivity contribution in [1.82, 2.24) is 0 Å². The SMILES string of the molecule is Cc1cc2c(cc1N1c3cc4c(cc3B3c5c1cc1c(oc6ccccc61)c5-c1cc5oc6ccccc6c5cc1N3c1ccc(C(C)(C)C)cc1-c1ccccc1)Oc1ccccc1O4)C(C)(C)CCC2(C)C. The Balaban J connectivity index is 1.13. The number of hydrogen-bond donors (Lipinski definition) is 0. The number of para-hydroxylation sites is 4. The van der Waals surface area contributed by atoms with Crippen LogP contribution in [0.1, 0.15) is 83.6 Å². The molecule has 15 rings (SSSR count). The lowest BCUT2D eigenvalue weighted by atomic mass is 9.43. The molecule has 4 aliphatic rings. The zero-order chi connectivity index (χ0) is 50.2. The summed E-state index contributed by atoms with van der Waals surface area (Å²) in [6, 6.07) is 59.5. The van der Waals surface area contributed by atoms with Crippen molar-refractivity contribution < 1.29 is 18.3 Å². The molecule has 0 bridgehead atoms. The first-order chi connectivity index (χ1) is 35.7. The van der Waals surface area contributed by atoms with E-state index in [4.69, 9.17) is 18.3 Å². The highest BCUT2D eigenvalue weighted by atomic mass is 16.6. The van der Waals surface area contributed by atoms with E-state index in [-0.39, 0.29) is 23.1 Å². The molecule has 0 amide bonds. The molecule has 74 heavy (non-hydrogen) atoms. The van der Waals surface area contributed by atoms with E-state index in [0.29, 0.717) is 23.0 Å². The average Bonchev–Trinajstić information content (AvgIpc) is 4.12. The maximum absolute atomic E-state index is 7.23. The summed E-state index contributed by atoms with van der Waals surface area (Å²) in [6.07, 6.45) is 2.24. The molecule has 0 atom stereocenters. The number of hydrogen-bond acceptors (Lipinski definition) is 6. The van der Waals surface area contributed by atoms with Crippen LogP contribution in [-0.4, -0.2) is 6.85 Å². The first kappa shape index (κ1) is 43.4. The van der Waals surface area contributed by atoms with Gasteiger partial charge in [-0.1, -0.05) is 139 Å². The quantitative estimate of drug-likeness (QED) is 0.164. The van der Waals surface area contributed by atoms with E-state index in [2.05, 4.69) is 205 Å². The van der Waals surface area contributed by atoms with Gasteiger partial charge < -0.3 is 28.0 Å². The number of furan rings is 2. The van der Waals surface area contributed by atoms with Gasteiger partial charge in [0.05, 0.1) is 0 Å². The molecule has 7 heteroatoms. The highest BCUT2D eigenvalue weighted by molar-refractivity contribution is 6.94. The maximum atomic E-state index is 7.23. The van der Waals surface area contributed by atoms with Crippen LogP contribution >= 0.6 is 0 Å². The van der Waals surface area contributed by atoms with E-state index in [0.717, 1.165) is 118 Å². The first-order valence-corrected chi connectivity index (χ1v) is 26.2. The van der Waals surface area contributed by atoms with Crippen LogP contribution < -0.4 is 30.1 Å². The van der Waals surface area contributed by atoms with Gasteiger partial charge in [0, 0.05) is 72.7 Å². The van der Waals surface area contributed by atoms with Crippen molar-refractivity contribution in [3.8, 4) is 45.3 Å².